The molecular weight excluding hydrogens is 573 g/mol. The predicted molar refractivity (Wildman–Crippen MR) is 137 cm³/mol. The summed E-state index contributed by atoms with van der Waals surface area (Å²) in [5, 5.41) is 10.2. The standard InChI is InChI=1S/C25H24BrF3N4O3S/c1-2-36-24(35)20-15-5-3-4-6-18(15)37-23(20)32-22(34)16-12-30-33-19(25(27,28)29)11-17(31-21(16)33)13-7-9-14(26)10-8-13/h7-10,12,17,19,31H,2-6,11H2,1H3,(H,32,34). The molecule has 0 saturated carbocycles. The Morgan fingerprint density at radius 2 is 1.97 bits per heavy atom. The molecular formula is C25H24BrF3N4O3S. The number of hydrogen-bond acceptors (Lipinski definition) is 6. The van der Waals surface area contributed by atoms with Crippen molar-refractivity contribution >= 4 is 50.0 Å². The fraction of sp³-hybridized carbons (Fsp3) is 0.400. The maximum atomic E-state index is 14.0. The van der Waals surface area contributed by atoms with Gasteiger partial charge in [0.05, 0.1) is 24.4 Å². The van der Waals surface area contributed by atoms with E-state index in [9.17, 15) is 22.8 Å². The molecule has 12 heteroatoms. The van der Waals surface area contributed by atoms with Gasteiger partial charge in [-0.1, -0.05) is 28.1 Å². The van der Waals surface area contributed by atoms with Gasteiger partial charge in [-0.2, -0.15) is 18.3 Å². The zero-order valence-corrected chi connectivity index (χ0v) is 22.2. The highest BCUT2D eigenvalue weighted by Crippen LogP contribution is 2.45. The first-order valence-electron chi connectivity index (χ1n) is 12.0. The van der Waals surface area contributed by atoms with Crippen molar-refractivity contribution in [2.24, 2.45) is 0 Å². The van der Waals surface area contributed by atoms with Crippen LogP contribution in [0.3, 0.4) is 0 Å². The minimum absolute atomic E-state index is 0.0157. The first-order valence-corrected chi connectivity index (χ1v) is 13.6. The number of alkyl halides is 3. The Balaban J connectivity index is 1.49. The van der Waals surface area contributed by atoms with Crippen molar-refractivity contribution < 1.29 is 27.5 Å². The number of ether oxygens (including phenoxy) is 1. The molecule has 0 bridgehead atoms. The lowest BCUT2D eigenvalue weighted by Crippen LogP contribution is -2.36. The van der Waals surface area contributed by atoms with E-state index in [-0.39, 0.29) is 24.4 Å². The zero-order valence-electron chi connectivity index (χ0n) is 19.8. The summed E-state index contributed by atoms with van der Waals surface area (Å²) in [6.45, 7) is 1.90. The van der Waals surface area contributed by atoms with E-state index < -0.39 is 30.1 Å². The molecule has 196 valence electrons. The van der Waals surface area contributed by atoms with Gasteiger partial charge in [0.1, 0.15) is 16.4 Å². The lowest BCUT2D eigenvalue weighted by molar-refractivity contribution is -0.173. The highest BCUT2D eigenvalue weighted by Gasteiger charge is 2.47. The van der Waals surface area contributed by atoms with Gasteiger partial charge in [-0.05, 0) is 55.9 Å². The van der Waals surface area contributed by atoms with Gasteiger partial charge in [0.25, 0.3) is 5.91 Å². The van der Waals surface area contributed by atoms with Gasteiger partial charge in [-0.3, -0.25) is 4.79 Å². The molecule has 2 atom stereocenters. The van der Waals surface area contributed by atoms with Crippen molar-refractivity contribution in [3.8, 4) is 0 Å². The predicted octanol–water partition coefficient (Wildman–Crippen LogP) is 6.68. The number of benzene rings is 1. The quantitative estimate of drug-likeness (QED) is 0.321. The summed E-state index contributed by atoms with van der Waals surface area (Å²) in [5.41, 5.74) is 1.85. The molecule has 2 aromatic heterocycles. The van der Waals surface area contributed by atoms with Gasteiger partial charge in [0.15, 0.2) is 6.04 Å². The topological polar surface area (TPSA) is 85.2 Å². The van der Waals surface area contributed by atoms with E-state index in [0.717, 1.165) is 45.1 Å². The molecule has 3 aromatic rings. The van der Waals surface area contributed by atoms with Crippen LogP contribution < -0.4 is 10.6 Å². The summed E-state index contributed by atoms with van der Waals surface area (Å²) in [6, 6.07) is 4.41. The van der Waals surface area contributed by atoms with Crippen LogP contribution in [-0.4, -0.2) is 34.4 Å². The number of fused-ring (bicyclic) bond motifs is 2. The molecule has 0 spiro atoms. The van der Waals surface area contributed by atoms with Crippen LogP contribution in [0.2, 0.25) is 0 Å². The normalized spacial score (nSPS) is 18.9. The minimum Gasteiger partial charge on any atom is -0.462 e. The number of carbonyl (C=O) groups is 2. The Labute approximate surface area is 223 Å². The van der Waals surface area contributed by atoms with Crippen LogP contribution >= 0.6 is 27.3 Å². The summed E-state index contributed by atoms with van der Waals surface area (Å²) < 4.78 is 49.0. The summed E-state index contributed by atoms with van der Waals surface area (Å²) >= 11 is 4.66. The third kappa shape index (κ3) is 5.00. The molecule has 2 N–H and O–H groups in total. The second-order valence-corrected chi connectivity index (χ2v) is 11.0. The van der Waals surface area contributed by atoms with Gasteiger partial charge in [-0.25, -0.2) is 9.48 Å². The summed E-state index contributed by atoms with van der Waals surface area (Å²) in [5.74, 6) is -1.17. The second kappa shape index (κ2) is 10.1. The molecule has 2 aliphatic rings. The molecule has 5 rings (SSSR count). The van der Waals surface area contributed by atoms with Crippen LogP contribution in [0.1, 0.15) is 75.0 Å². The maximum Gasteiger partial charge on any atom is 0.410 e. The average Bonchev–Trinajstić information content (AvgIpc) is 3.44. The largest absolute Gasteiger partial charge is 0.462 e. The number of nitrogens with zero attached hydrogens (tertiary/aromatic N) is 2. The number of aromatic nitrogens is 2. The first-order chi connectivity index (χ1) is 17.7. The van der Waals surface area contributed by atoms with E-state index in [1.165, 1.54) is 11.3 Å². The van der Waals surface area contributed by atoms with Crippen molar-refractivity contribution in [2.45, 2.75) is 57.3 Å². The summed E-state index contributed by atoms with van der Waals surface area (Å²) in [6.07, 6.45) is -0.268. The molecule has 0 radical (unpaired) electrons. The number of rotatable bonds is 5. The Kier molecular flexibility index (Phi) is 7.06. The fourth-order valence-corrected chi connectivity index (χ4v) is 6.42. The van der Waals surface area contributed by atoms with E-state index in [4.69, 9.17) is 4.74 Å². The van der Waals surface area contributed by atoms with E-state index in [1.807, 2.05) is 0 Å². The van der Waals surface area contributed by atoms with E-state index in [0.29, 0.717) is 22.5 Å². The average molecular weight is 597 g/mol. The number of carbonyl (C=O) groups excluding carboxylic acids is 2. The highest BCUT2D eigenvalue weighted by molar-refractivity contribution is 9.10. The van der Waals surface area contributed by atoms with Crippen LogP contribution in [0.4, 0.5) is 24.0 Å². The number of hydrogen-bond donors (Lipinski definition) is 2. The molecule has 3 heterocycles. The monoisotopic (exact) mass is 596 g/mol. The van der Waals surface area contributed by atoms with Crippen LogP contribution in [0.5, 0.6) is 0 Å². The number of anilines is 2. The van der Waals surface area contributed by atoms with E-state index in [1.54, 1.807) is 31.2 Å². The summed E-state index contributed by atoms with van der Waals surface area (Å²) in [4.78, 5) is 27.2. The van der Waals surface area contributed by atoms with Crippen molar-refractivity contribution in [2.75, 3.05) is 17.2 Å². The zero-order chi connectivity index (χ0) is 26.3. The molecule has 0 saturated heterocycles. The van der Waals surface area contributed by atoms with Crippen molar-refractivity contribution in [3.05, 3.63) is 62.1 Å². The molecule has 1 aliphatic heterocycles. The first kappa shape index (κ1) is 25.8. The van der Waals surface area contributed by atoms with Crippen LogP contribution in [0.25, 0.3) is 0 Å². The SMILES string of the molecule is CCOC(=O)c1c(NC(=O)c2cnn3c2NC(c2ccc(Br)cc2)CC3C(F)(F)F)sc2c1CCCC2. The van der Waals surface area contributed by atoms with Crippen molar-refractivity contribution in [1.82, 2.24) is 9.78 Å². The summed E-state index contributed by atoms with van der Waals surface area (Å²) in [7, 11) is 0. The molecule has 1 amide bonds. The number of thiophene rings is 1. The van der Waals surface area contributed by atoms with Crippen LogP contribution in [-0.2, 0) is 17.6 Å². The van der Waals surface area contributed by atoms with Gasteiger partial charge >= 0.3 is 12.1 Å². The molecule has 0 fully saturated rings. The third-order valence-electron chi connectivity index (χ3n) is 6.63. The molecule has 37 heavy (non-hydrogen) atoms. The van der Waals surface area contributed by atoms with Crippen molar-refractivity contribution in [1.29, 1.82) is 0 Å². The van der Waals surface area contributed by atoms with E-state index >= 15 is 0 Å². The number of halogens is 4. The van der Waals surface area contributed by atoms with Gasteiger partial charge < -0.3 is 15.4 Å². The molecule has 1 aliphatic carbocycles. The molecule has 7 nitrogen and oxygen atoms in total. The number of esters is 1. The lowest BCUT2D eigenvalue weighted by Gasteiger charge is -2.34. The third-order valence-corrected chi connectivity index (χ3v) is 8.37. The second-order valence-electron chi connectivity index (χ2n) is 8.98. The van der Waals surface area contributed by atoms with Gasteiger partial charge in [-0.15, -0.1) is 11.3 Å². The van der Waals surface area contributed by atoms with Crippen LogP contribution in [0, 0.1) is 0 Å². The smallest absolute Gasteiger partial charge is 0.410 e. The number of aryl methyl sites for hydroxylation is 1. The Bertz CT molecular complexity index is 1340. The number of nitrogens with one attached hydrogen (secondary N) is 2. The number of amides is 1. The van der Waals surface area contributed by atoms with Crippen LogP contribution in [0.15, 0.2) is 34.9 Å². The van der Waals surface area contributed by atoms with Gasteiger partial charge in [0, 0.05) is 15.8 Å². The van der Waals surface area contributed by atoms with Gasteiger partial charge in [0.2, 0.25) is 0 Å². The Morgan fingerprint density at radius 1 is 1.24 bits per heavy atom. The maximum absolute atomic E-state index is 14.0. The Hall–Kier alpha value is -2.86. The lowest BCUT2D eigenvalue weighted by atomic mass is 9.95. The molecule has 1 aromatic carbocycles. The Morgan fingerprint density at radius 3 is 2.68 bits per heavy atom. The highest BCUT2D eigenvalue weighted by atomic mass is 79.9. The van der Waals surface area contributed by atoms with Crippen molar-refractivity contribution in [3.63, 3.8) is 0 Å². The molecule has 2 unspecified atom stereocenters. The fourth-order valence-electron chi connectivity index (χ4n) is 4.89. The minimum atomic E-state index is -4.56. The van der Waals surface area contributed by atoms with E-state index in [2.05, 4.69) is 31.7 Å².